The Morgan fingerprint density at radius 2 is 2.18 bits per heavy atom. The molecule has 0 aliphatic carbocycles. The molecule has 0 spiro atoms. The lowest BCUT2D eigenvalue weighted by Crippen LogP contribution is -2.09. The number of thiophene rings is 1. The van der Waals surface area contributed by atoms with Gasteiger partial charge < -0.3 is 15.6 Å². The van der Waals surface area contributed by atoms with E-state index < -0.39 is 6.10 Å². The Morgan fingerprint density at radius 1 is 1.35 bits per heavy atom. The first-order chi connectivity index (χ1) is 8.24. The van der Waals surface area contributed by atoms with E-state index >= 15 is 0 Å². The van der Waals surface area contributed by atoms with E-state index in [0.717, 1.165) is 21.1 Å². The predicted octanol–water partition coefficient (Wildman–Crippen LogP) is 2.42. The summed E-state index contributed by atoms with van der Waals surface area (Å²) >= 11 is 1.55. The van der Waals surface area contributed by atoms with Gasteiger partial charge in [-0.2, -0.15) is 0 Å². The summed E-state index contributed by atoms with van der Waals surface area (Å²) in [5.41, 5.74) is 6.52. The predicted molar refractivity (Wildman–Crippen MR) is 70.3 cm³/mol. The lowest BCUT2D eigenvalue weighted by molar-refractivity contribution is 0.190. The average Bonchev–Trinajstić information content (AvgIpc) is 2.87. The first-order valence-electron chi connectivity index (χ1n) is 5.37. The van der Waals surface area contributed by atoms with Crippen LogP contribution in [0.25, 0.3) is 10.4 Å². The maximum absolute atomic E-state index is 9.65. The standard InChI is InChI=1S/C13H15NO2S/c1-16-10-4-2-3-9(7-10)12-5-6-13(17-12)11(15)8-14/h2-7,11,15H,8,14H2,1H3. The van der Waals surface area contributed by atoms with Crippen LogP contribution in [0.3, 0.4) is 0 Å². The van der Waals surface area contributed by atoms with E-state index in [-0.39, 0.29) is 6.54 Å². The molecule has 1 aromatic heterocycles. The van der Waals surface area contributed by atoms with Crippen LogP contribution >= 0.6 is 11.3 Å². The molecule has 1 atom stereocenters. The summed E-state index contributed by atoms with van der Waals surface area (Å²) in [6, 6.07) is 11.8. The number of aliphatic hydroxyl groups excluding tert-OH is 1. The van der Waals surface area contributed by atoms with Crippen LogP contribution < -0.4 is 10.5 Å². The van der Waals surface area contributed by atoms with Gasteiger partial charge in [0.1, 0.15) is 11.9 Å². The van der Waals surface area contributed by atoms with Crippen LogP contribution in [0.15, 0.2) is 36.4 Å². The molecule has 90 valence electrons. The normalized spacial score (nSPS) is 12.4. The second kappa shape index (κ2) is 5.31. The molecule has 2 rings (SSSR count). The Morgan fingerprint density at radius 3 is 2.88 bits per heavy atom. The fourth-order valence-corrected chi connectivity index (χ4v) is 2.58. The van der Waals surface area contributed by atoms with Crippen molar-refractivity contribution in [2.45, 2.75) is 6.10 Å². The van der Waals surface area contributed by atoms with Gasteiger partial charge in [0.25, 0.3) is 0 Å². The zero-order valence-electron chi connectivity index (χ0n) is 9.59. The van der Waals surface area contributed by atoms with Gasteiger partial charge in [-0.25, -0.2) is 0 Å². The van der Waals surface area contributed by atoms with Gasteiger partial charge in [0.05, 0.1) is 7.11 Å². The molecule has 0 saturated carbocycles. The van der Waals surface area contributed by atoms with Crippen molar-refractivity contribution >= 4 is 11.3 Å². The summed E-state index contributed by atoms with van der Waals surface area (Å²) in [4.78, 5) is 2.00. The average molecular weight is 249 g/mol. The summed E-state index contributed by atoms with van der Waals surface area (Å²) in [5, 5.41) is 9.65. The molecule has 0 amide bonds. The fourth-order valence-electron chi connectivity index (χ4n) is 1.58. The lowest BCUT2D eigenvalue weighted by Gasteiger charge is -2.04. The largest absolute Gasteiger partial charge is 0.497 e. The molecule has 1 aromatic carbocycles. The van der Waals surface area contributed by atoms with Crippen LogP contribution in [0.2, 0.25) is 0 Å². The number of hydrogen-bond donors (Lipinski definition) is 2. The maximum atomic E-state index is 9.65. The third-order valence-electron chi connectivity index (χ3n) is 2.53. The highest BCUT2D eigenvalue weighted by Crippen LogP contribution is 2.32. The Balaban J connectivity index is 2.30. The van der Waals surface area contributed by atoms with Gasteiger partial charge in [0.2, 0.25) is 0 Å². The van der Waals surface area contributed by atoms with Gasteiger partial charge >= 0.3 is 0 Å². The summed E-state index contributed by atoms with van der Waals surface area (Å²) < 4.78 is 5.19. The molecule has 1 unspecified atom stereocenters. The third-order valence-corrected chi connectivity index (χ3v) is 3.77. The van der Waals surface area contributed by atoms with Crippen molar-refractivity contribution in [3.8, 4) is 16.2 Å². The van der Waals surface area contributed by atoms with E-state index in [2.05, 4.69) is 0 Å². The molecule has 1 heterocycles. The van der Waals surface area contributed by atoms with Gasteiger partial charge in [-0.05, 0) is 29.8 Å². The van der Waals surface area contributed by atoms with Crippen LogP contribution in [-0.4, -0.2) is 18.8 Å². The topological polar surface area (TPSA) is 55.5 Å². The molecule has 0 fully saturated rings. The Kier molecular flexibility index (Phi) is 3.78. The van der Waals surface area contributed by atoms with Gasteiger partial charge in [-0.3, -0.25) is 0 Å². The second-order valence-electron chi connectivity index (χ2n) is 3.69. The minimum Gasteiger partial charge on any atom is -0.497 e. The molecule has 3 N–H and O–H groups in total. The molecule has 0 saturated heterocycles. The number of ether oxygens (including phenoxy) is 1. The smallest absolute Gasteiger partial charge is 0.119 e. The molecule has 0 aliphatic rings. The van der Waals surface area contributed by atoms with Crippen LogP contribution in [0.1, 0.15) is 11.0 Å². The number of nitrogens with two attached hydrogens (primary N) is 1. The van der Waals surface area contributed by atoms with Crippen LogP contribution in [0.4, 0.5) is 0 Å². The van der Waals surface area contributed by atoms with E-state index in [0.29, 0.717) is 0 Å². The zero-order chi connectivity index (χ0) is 12.3. The summed E-state index contributed by atoms with van der Waals surface area (Å²) in [6.45, 7) is 0.248. The summed E-state index contributed by atoms with van der Waals surface area (Å²) in [6.07, 6.45) is -0.570. The van der Waals surface area contributed by atoms with E-state index in [1.807, 2.05) is 36.4 Å². The minimum absolute atomic E-state index is 0.248. The van der Waals surface area contributed by atoms with E-state index in [4.69, 9.17) is 10.5 Å². The number of rotatable bonds is 4. The summed E-state index contributed by atoms with van der Waals surface area (Å²) in [7, 11) is 1.65. The Labute approximate surface area is 104 Å². The highest BCUT2D eigenvalue weighted by atomic mass is 32.1. The second-order valence-corrected chi connectivity index (χ2v) is 4.80. The molecule has 4 heteroatoms. The highest BCUT2D eigenvalue weighted by molar-refractivity contribution is 7.15. The van der Waals surface area contributed by atoms with Crippen molar-refractivity contribution in [2.75, 3.05) is 13.7 Å². The monoisotopic (exact) mass is 249 g/mol. The van der Waals surface area contributed by atoms with Crippen molar-refractivity contribution in [3.63, 3.8) is 0 Å². The van der Waals surface area contributed by atoms with Gasteiger partial charge in [-0.1, -0.05) is 12.1 Å². The maximum Gasteiger partial charge on any atom is 0.119 e. The molecule has 0 bridgehead atoms. The van der Waals surface area contributed by atoms with Gasteiger partial charge in [-0.15, -0.1) is 11.3 Å². The van der Waals surface area contributed by atoms with Crippen molar-refractivity contribution in [1.29, 1.82) is 0 Å². The molecular weight excluding hydrogens is 234 g/mol. The molecule has 2 aromatic rings. The SMILES string of the molecule is COc1cccc(-c2ccc(C(O)CN)s2)c1. The molecular formula is C13H15NO2S. The van der Waals surface area contributed by atoms with E-state index in [1.165, 1.54) is 0 Å². The van der Waals surface area contributed by atoms with Gasteiger partial charge in [0.15, 0.2) is 0 Å². The highest BCUT2D eigenvalue weighted by Gasteiger charge is 2.09. The Bertz CT molecular complexity index is 496. The van der Waals surface area contributed by atoms with Crippen molar-refractivity contribution in [3.05, 3.63) is 41.3 Å². The molecule has 3 nitrogen and oxygen atoms in total. The molecule has 0 aliphatic heterocycles. The van der Waals surface area contributed by atoms with Crippen molar-refractivity contribution in [1.82, 2.24) is 0 Å². The minimum atomic E-state index is -0.570. The molecule has 17 heavy (non-hydrogen) atoms. The first-order valence-corrected chi connectivity index (χ1v) is 6.18. The zero-order valence-corrected chi connectivity index (χ0v) is 10.4. The third kappa shape index (κ3) is 2.66. The summed E-state index contributed by atoms with van der Waals surface area (Å²) in [5.74, 6) is 0.830. The quantitative estimate of drug-likeness (QED) is 0.875. The number of hydrogen-bond acceptors (Lipinski definition) is 4. The number of aliphatic hydroxyl groups is 1. The Hall–Kier alpha value is -1.36. The van der Waals surface area contributed by atoms with E-state index in [9.17, 15) is 5.11 Å². The van der Waals surface area contributed by atoms with Crippen molar-refractivity contribution < 1.29 is 9.84 Å². The van der Waals surface area contributed by atoms with Gasteiger partial charge in [0, 0.05) is 16.3 Å². The fraction of sp³-hybridized carbons (Fsp3) is 0.231. The van der Waals surface area contributed by atoms with Crippen LogP contribution in [-0.2, 0) is 0 Å². The van der Waals surface area contributed by atoms with E-state index in [1.54, 1.807) is 18.4 Å². The number of benzene rings is 1. The first kappa shape index (κ1) is 12.1. The molecule has 0 radical (unpaired) electrons. The van der Waals surface area contributed by atoms with Crippen LogP contribution in [0, 0.1) is 0 Å². The van der Waals surface area contributed by atoms with Crippen molar-refractivity contribution in [2.24, 2.45) is 5.73 Å². The number of methoxy groups -OCH3 is 1. The van der Waals surface area contributed by atoms with Crippen LogP contribution in [0.5, 0.6) is 5.75 Å². The lowest BCUT2D eigenvalue weighted by atomic mass is 10.2.